The van der Waals surface area contributed by atoms with E-state index in [1.54, 1.807) is 7.11 Å². The van der Waals surface area contributed by atoms with Gasteiger partial charge in [-0.05, 0) is 37.2 Å². The Morgan fingerprint density at radius 3 is 2.70 bits per heavy atom. The van der Waals surface area contributed by atoms with Gasteiger partial charge in [0.2, 0.25) is 0 Å². The zero-order valence-corrected chi connectivity index (χ0v) is 14.4. The first-order chi connectivity index (χ1) is 9.71. The summed E-state index contributed by atoms with van der Waals surface area (Å²) in [7, 11) is 1.76. The Labute approximate surface area is 131 Å². The second kappa shape index (κ2) is 10.3. The van der Waals surface area contributed by atoms with Crippen molar-refractivity contribution in [1.29, 1.82) is 0 Å². The average Bonchev–Trinajstić information content (AvgIpc) is 2.46. The summed E-state index contributed by atoms with van der Waals surface area (Å²) in [4.78, 5) is 2.44. The summed E-state index contributed by atoms with van der Waals surface area (Å²) in [5.74, 6) is 0. The van der Waals surface area contributed by atoms with Crippen LogP contribution in [0.2, 0.25) is 0 Å². The van der Waals surface area contributed by atoms with Gasteiger partial charge in [0, 0.05) is 30.7 Å². The van der Waals surface area contributed by atoms with Gasteiger partial charge in [-0.15, -0.1) is 0 Å². The molecular weight excluding hydrogens is 316 g/mol. The maximum absolute atomic E-state index is 5.17. The van der Waals surface area contributed by atoms with Crippen molar-refractivity contribution in [2.75, 3.05) is 39.9 Å². The molecule has 3 nitrogen and oxygen atoms in total. The molecule has 0 radical (unpaired) electrons. The number of rotatable bonds is 10. The summed E-state index contributed by atoms with van der Waals surface area (Å²) >= 11 is 3.55. The quantitative estimate of drug-likeness (QED) is 0.704. The molecule has 0 aliphatic rings. The van der Waals surface area contributed by atoms with E-state index in [-0.39, 0.29) is 0 Å². The Morgan fingerprint density at radius 1 is 1.30 bits per heavy atom. The van der Waals surface area contributed by atoms with Crippen molar-refractivity contribution in [1.82, 2.24) is 10.2 Å². The van der Waals surface area contributed by atoms with Gasteiger partial charge in [0.1, 0.15) is 0 Å². The topological polar surface area (TPSA) is 24.5 Å². The molecule has 4 heteroatoms. The van der Waals surface area contributed by atoms with E-state index in [0.29, 0.717) is 6.04 Å². The van der Waals surface area contributed by atoms with Crippen LogP contribution in [0.3, 0.4) is 0 Å². The van der Waals surface area contributed by atoms with Gasteiger partial charge in [-0.3, -0.25) is 0 Å². The second-order valence-corrected chi connectivity index (χ2v) is 5.80. The maximum atomic E-state index is 5.17. The van der Waals surface area contributed by atoms with Crippen LogP contribution in [-0.2, 0) is 4.74 Å². The van der Waals surface area contributed by atoms with Crippen molar-refractivity contribution in [3.05, 3.63) is 34.3 Å². The van der Waals surface area contributed by atoms with Gasteiger partial charge in [-0.2, -0.15) is 0 Å². The number of nitrogens with one attached hydrogen (secondary N) is 1. The van der Waals surface area contributed by atoms with Gasteiger partial charge in [0.25, 0.3) is 0 Å². The van der Waals surface area contributed by atoms with Gasteiger partial charge >= 0.3 is 0 Å². The fourth-order valence-electron chi connectivity index (χ4n) is 2.32. The molecule has 0 aliphatic carbocycles. The molecule has 1 rings (SSSR count). The van der Waals surface area contributed by atoms with E-state index >= 15 is 0 Å². The highest BCUT2D eigenvalue weighted by atomic mass is 79.9. The Morgan fingerprint density at radius 2 is 2.10 bits per heavy atom. The smallest absolute Gasteiger partial charge is 0.0589 e. The van der Waals surface area contributed by atoms with Crippen LogP contribution in [0, 0.1) is 0 Å². The Hall–Kier alpha value is -0.420. The Kier molecular flexibility index (Phi) is 9.10. The molecular formula is C16H27BrN2O. The van der Waals surface area contributed by atoms with Crippen LogP contribution in [0.5, 0.6) is 0 Å². The third kappa shape index (κ3) is 6.35. The number of benzene rings is 1. The molecule has 1 N–H and O–H groups in total. The molecule has 0 fully saturated rings. The SMILES string of the molecule is CCNC(CCN(CC)CCOC)c1cccc(Br)c1. The maximum Gasteiger partial charge on any atom is 0.0589 e. The van der Waals surface area contributed by atoms with Crippen LogP contribution in [-0.4, -0.2) is 44.8 Å². The van der Waals surface area contributed by atoms with Gasteiger partial charge < -0.3 is 15.0 Å². The highest BCUT2D eigenvalue weighted by Crippen LogP contribution is 2.21. The summed E-state index contributed by atoms with van der Waals surface area (Å²) in [6.07, 6.45) is 1.11. The van der Waals surface area contributed by atoms with Crippen molar-refractivity contribution in [3.8, 4) is 0 Å². The highest BCUT2D eigenvalue weighted by molar-refractivity contribution is 9.10. The minimum Gasteiger partial charge on any atom is -0.383 e. The predicted octanol–water partition coefficient (Wildman–Crippen LogP) is 3.46. The molecule has 114 valence electrons. The van der Waals surface area contributed by atoms with Crippen LogP contribution in [0.1, 0.15) is 31.9 Å². The molecule has 0 saturated carbocycles. The standard InChI is InChI=1S/C16H27BrN2O/c1-4-18-16(14-7-6-8-15(17)13-14)9-10-19(5-2)11-12-20-3/h6-8,13,16,18H,4-5,9-12H2,1-3H3. The van der Waals surface area contributed by atoms with Crippen LogP contribution >= 0.6 is 15.9 Å². The first-order valence-corrected chi connectivity index (χ1v) is 8.20. The first kappa shape index (κ1) is 17.6. The summed E-state index contributed by atoms with van der Waals surface area (Å²) < 4.78 is 6.31. The van der Waals surface area contributed by atoms with Gasteiger partial charge in [0.05, 0.1) is 6.61 Å². The fraction of sp³-hybridized carbons (Fsp3) is 0.625. The Bertz CT molecular complexity index is 373. The van der Waals surface area contributed by atoms with E-state index in [1.807, 2.05) is 0 Å². The molecule has 0 saturated heterocycles. The lowest BCUT2D eigenvalue weighted by Crippen LogP contribution is -2.31. The number of hydrogen-bond acceptors (Lipinski definition) is 3. The zero-order valence-electron chi connectivity index (χ0n) is 12.9. The molecule has 0 aliphatic heterocycles. The van der Waals surface area contributed by atoms with Crippen molar-refractivity contribution in [2.24, 2.45) is 0 Å². The summed E-state index contributed by atoms with van der Waals surface area (Å²) in [6.45, 7) is 9.32. The number of halogens is 1. The van der Waals surface area contributed by atoms with Crippen molar-refractivity contribution < 1.29 is 4.74 Å². The molecule has 0 spiro atoms. The van der Waals surface area contributed by atoms with Crippen LogP contribution in [0.4, 0.5) is 0 Å². The minimum absolute atomic E-state index is 0.411. The molecule has 0 amide bonds. The van der Waals surface area contributed by atoms with E-state index in [4.69, 9.17) is 4.74 Å². The Balaban J connectivity index is 2.58. The lowest BCUT2D eigenvalue weighted by Gasteiger charge is -2.24. The van der Waals surface area contributed by atoms with E-state index in [2.05, 4.69) is 64.3 Å². The predicted molar refractivity (Wildman–Crippen MR) is 89.2 cm³/mol. The van der Waals surface area contributed by atoms with E-state index < -0.39 is 0 Å². The summed E-state index contributed by atoms with van der Waals surface area (Å²) in [6, 6.07) is 8.99. The van der Waals surface area contributed by atoms with Crippen molar-refractivity contribution >= 4 is 15.9 Å². The molecule has 1 aromatic carbocycles. The fourth-order valence-corrected chi connectivity index (χ4v) is 2.73. The van der Waals surface area contributed by atoms with Gasteiger partial charge in [0.15, 0.2) is 0 Å². The molecule has 1 aromatic rings. The molecule has 0 aromatic heterocycles. The largest absolute Gasteiger partial charge is 0.383 e. The lowest BCUT2D eigenvalue weighted by atomic mass is 10.0. The monoisotopic (exact) mass is 342 g/mol. The summed E-state index contributed by atoms with van der Waals surface area (Å²) in [5, 5.41) is 3.58. The average molecular weight is 343 g/mol. The number of nitrogens with zero attached hydrogens (tertiary/aromatic N) is 1. The molecule has 20 heavy (non-hydrogen) atoms. The van der Waals surface area contributed by atoms with Gasteiger partial charge in [-0.25, -0.2) is 0 Å². The molecule has 0 bridgehead atoms. The first-order valence-electron chi connectivity index (χ1n) is 7.41. The van der Waals surface area contributed by atoms with E-state index in [0.717, 1.165) is 43.7 Å². The molecule has 1 atom stereocenters. The van der Waals surface area contributed by atoms with Gasteiger partial charge in [-0.1, -0.05) is 41.9 Å². The van der Waals surface area contributed by atoms with Crippen molar-refractivity contribution in [2.45, 2.75) is 26.3 Å². The van der Waals surface area contributed by atoms with Crippen LogP contribution < -0.4 is 5.32 Å². The van der Waals surface area contributed by atoms with Crippen LogP contribution in [0.25, 0.3) is 0 Å². The molecule has 0 heterocycles. The number of likely N-dealkylation sites (N-methyl/N-ethyl adjacent to an activating group) is 1. The number of methoxy groups -OCH3 is 1. The summed E-state index contributed by atoms with van der Waals surface area (Å²) in [5.41, 5.74) is 1.35. The zero-order chi connectivity index (χ0) is 14.8. The third-order valence-electron chi connectivity index (χ3n) is 3.49. The van der Waals surface area contributed by atoms with E-state index in [1.165, 1.54) is 5.56 Å². The number of hydrogen-bond donors (Lipinski definition) is 1. The van der Waals surface area contributed by atoms with E-state index in [9.17, 15) is 0 Å². The van der Waals surface area contributed by atoms with Crippen molar-refractivity contribution in [3.63, 3.8) is 0 Å². The highest BCUT2D eigenvalue weighted by Gasteiger charge is 2.12. The number of ether oxygens (including phenoxy) is 1. The minimum atomic E-state index is 0.411. The second-order valence-electron chi connectivity index (χ2n) is 4.88. The molecule has 1 unspecified atom stereocenters. The normalized spacial score (nSPS) is 12.8. The lowest BCUT2D eigenvalue weighted by molar-refractivity contribution is 0.148. The third-order valence-corrected chi connectivity index (χ3v) is 3.99. The van der Waals surface area contributed by atoms with Crippen LogP contribution in [0.15, 0.2) is 28.7 Å².